The van der Waals surface area contributed by atoms with Crippen molar-refractivity contribution < 1.29 is 15.3 Å². The molecule has 4 atom stereocenters. The number of aliphatic hydroxyl groups excluding tert-OH is 2. The number of fused-ring (bicyclic) bond motifs is 1. The molecule has 0 aliphatic heterocycles. The lowest BCUT2D eigenvalue weighted by Crippen LogP contribution is -2.33. The van der Waals surface area contributed by atoms with Gasteiger partial charge < -0.3 is 15.3 Å². The Bertz CT molecular complexity index is 812. The van der Waals surface area contributed by atoms with Crippen LogP contribution in [0.25, 0.3) is 0 Å². The molecule has 3 N–H and O–H groups in total. The van der Waals surface area contributed by atoms with Crippen LogP contribution >= 0.6 is 0 Å². The molecule has 0 saturated heterocycles. The number of hydrogen-bond acceptors (Lipinski definition) is 3. The van der Waals surface area contributed by atoms with Gasteiger partial charge in [0.2, 0.25) is 0 Å². The first-order valence-electron chi connectivity index (χ1n) is 11.8. The van der Waals surface area contributed by atoms with Crippen molar-refractivity contribution in [3.63, 3.8) is 0 Å². The van der Waals surface area contributed by atoms with E-state index in [0.29, 0.717) is 25.2 Å². The van der Waals surface area contributed by atoms with Crippen LogP contribution < -0.4 is 0 Å². The molecule has 4 aliphatic rings. The summed E-state index contributed by atoms with van der Waals surface area (Å²) in [5.41, 5.74) is 3.89. The van der Waals surface area contributed by atoms with Crippen LogP contribution in [0.1, 0.15) is 85.0 Å². The van der Waals surface area contributed by atoms with Crippen molar-refractivity contribution in [2.24, 2.45) is 16.7 Å². The molecule has 0 radical (unpaired) electrons. The smallest absolute Gasteiger partial charge is 0.119 e. The Morgan fingerprint density at radius 3 is 2.47 bits per heavy atom. The van der Waals surface area contributed by atoms with Crippen molar-refractivity contribution in [3.8, 4) is 11.8 Å². The van der Waals surface area contributed by atoms with Crippen LogP contribution in [0.4, 0.5) is 0 Å². The van der Waals surface area contributed by atoms with Crippen molar-refractivity contribution in [1.29, 1.82) is 0 Å². The largest absolute Gasteiger partial charge is 0.393 e. The second-order valence-corrected chi connectivity index (χ2v) is 11.0. The average Bonchev–Trinajstić information content (AvgIpc) is 3.31. The third kappa shape index (κ3) is 4.47. The number of rotatable bonds is 3. The van der Waals surface area contributed by atoms with E-state index in [-0.39, 0.29) is 10.8 Å². The highest BCUT2D eigenvalue weighted by Gasteiger charge is 2.56. The Balaban J connectivity index is 1.51. The van der Waals surface area contributed by atoms with Crippen LogP contribution in [0.2, 0.25) is 0 Å². The van der Waals surface area contributed by atoms with Gasteiger partial charge in [-0.15, -0.1) is 0 Å². The van der Waals surface area contributed by atoms with Crippen molar-refractivity contribution in [2.45, 2.75) is 103 Å². The fourth-order valence-electron chi connectivity index (χ4n) is 6.29. The molecule has 0 spiro atoms. The first-order valence-corrected chi connectivity index (χ1v) is 11.8. The van der Waals surface area contributed by atoms with Crippen LogP contribution in [-0.4, -0.2) is 33.1 Å². The van der Waals surface area contributed by atoms with Crippen molar-refractivity contribution in [3.05, 3.63) is 34.9 Å². The third-order valence-corrected chi connectivity index (χ3v) is 7.87. The zero-order valence-corrected chi connectivity index (χ0v) is 18.9. The van der Waals surface area contributed by atoms with Gasteiger partial charge >= 0.3 is 0 Å². The molecular weight excluding hydrogens is 372 g/mol. The molecule has 0 amide bonds. The van der Waals surface area contributed by atoms with Gasteiger partial charge in [-0.25, -0.2) is 0 Å². The summed E-state index contributed by atoms with van der Waals surface area (Å²) < 4.78 is 0. The van der Waals surface area contributed by atoms with E-state index in [9.17, 15) is 15.3 Å². The summed E-state index contributed by atoms with van der Waals surface area (Å²) >= 11 is 0. The molecule has 3 saturated carbocycles. The normalized spacial score (nSPS) is 38.1. The standard InChI is InChI=1S/C27H38O3/c1-25(2,30)11-5-13-27(14-15-27)24-10-9-23-20(6-4-12-26(23,24)3)8-7-19-16-21(28)18-22(29)17-19/h7-8,10,21-23,28-30H,4,6,9,12-18H2,1-3H3/b19-7-,20-8+/t21?,22-,23?,26+/m1/s1. The van der Waals surface area contributed by atoms with Gasteiger partial charge in [-0.1, -0.05) is 53.7 Å². The van der Waals surface area contributed by atoms with E-state index in [0.717, 1.165) is 19.3 Å². The zero-order valence-electron chi connectivity index (χ0n) is 18.9. The van der Waals surface area contributed by atoms with E-state index in [1.807, 2.05) is 0 Å². The van der Waals surface area contributed by atoms with Gasteiger partial charge in [0.05, 0.1) is 12.2 Å². The Kier molecular flexibility index (Phi) is 5.81. The Hall–Kier alpha value is -1.34. The van der Waals surface area contributed by atoms with E-state index < -0.39 is 17.8 Å². The maximum Gasteiger partial charge on any atom is 0.119 e. The highest BCUT2D eigenvalue weighted by atomic mass is 16.3. The van der Waals surface area contributed by atoms with Crippen molar-refractivity contribution >= 4 is 0 Å². The SMILES string of the molecule is CC(C)(O)C#CCC1(C2=CCC3/C(=C/C=C4/CC(O)C[C@H](O)C4)CCC[C@]23C)CC1. The molecule has 0 aromatic rings. The number of aliphatic hydroxyl groups is 3. The molecule has 4 aliphatic carbocycles. The third-order valence-electron chi connectivity index (χ3n) is 7.87. The Morgan fingerprint density at radius 2 is 1.83 bits per heavy atom. The maximum absolute atomic E-state index is 9.97. The van der Waals surface area contributed by atoms with Crippen molar-refractivity contribution in [2.75, 3.05) is 0 Å². The predicted octanol–water partition coefficient (Wildman–Crippen LogP) is 4.83. The van der Waals surface area contributed by atoms with E-state index in [4.69, 9.17) is 0 Å². The molecule has 0 aromatic carbocycles. The van der Waals surface area contributed by atoms with Gasteiger partial charge in [-0.2, -0.15) is 0 Å². The second kappa shape index (κ2) is 7.97. The van der Waals surface area contributed by atoms with E-state index in [1.54, 1.807) is 19.4 Å². The highest BCUT2D eigenvalue weighted by molar-refractivity contribution is 5.40. The summed E-state index contributed by atoms with van der Waals surface area (Å²) in [6.07, 6.45) is 16.1. The Labute approximate surface area is 182 Å². The zero-order chi connectivity index (χ0) is 21.6. The van der Waals surface area contributed by atoms with E-state index in [2.05, 4.69) is 37.0 Å². The van der Waals surface area contributed by atoms with Gasteiger partial charge in [0.1, 0.15) is 5.60 Å². The van der Waals surface area contributed by atoms with Crippen LogP contribution in [0.3, 0.4) is 0 Å². The van der Waals surface area contributed by atoms with Gasteiger partial charge in [-0.3, -0.25) is 0 Å². The quantitative estimate of drug-likeness (QED) is 0.461. The monoisotopic (exact) mass is 410 g/mol. The molecule has 0 heterocycles. The predicted molar refractivity (Wildman–Crippen MR) is 121 cm³/mol. The van der Waals surface area contributed by atoms with Crippen LogP contribution in [0.15, 0.2) is 34.9 Å². The fourth-order valence-corrected chi connectivity index (χ4v) is 6.29. The summed E-state index contributed by atoms with van der Waals surface area (Å²) in [7, 11) is 0. The number of allylic oxidation sites excluding steroid dienone is 5. The molecule has 4 rings (SSSR count). The van der Waals surface area contributed by atoms with Crippen LogP contribution in [0, 0.1) is 28.6 Å². The van der Waals surface area contributed by atoms with Crippen molar-refractivity contribution in [1.82, 2.24) is 0 Å². The topological polar surface area (TPSA) is 60.7 Å². The molecule has 3 fully saturated rings. The Morgan fingerprint density at radius 1 is 1.13 bits per heavy atom. The average molecular weight is 411 g/mol. The summed E-state index contributed by atoms with van der Waals surface area (Å²) in [6, 6.07) is 0. The fraction of sp³-hybridized carbons (Fsp3) is 0.704. The number of hydrogen-bond donors (Lipinski definition) is 3. The van der Waals surface area contributed by atoms with Gasteiger partial charge in [0.15, 0.2) is 0 Å². The summed E-state index contributed by atoms with van der Waals surface area (Å²) in [6.45, 7) is 5.97. The summed E-state index contributed by atoms with van der Waals surface area (Å²) in [4.78, 5) is 0. The van der Waals surface area contributed by atoms with E-state index in [1.165, 1.54) is 36.8 Å². The molecule has 2 unspecified atom stereocenters. The summed E-state index contributed by atoms with van der Waals surface area (Å²) in [5, 5.41) is 29.9. The highest BCUT2D eigenvalue weighted by Crippen LogP contribution is 2.67. The maximum atomic E-state index is 9.97. The van der Waals surface area contributed by atoms with Crippen LogP contribution in [-0.2, 0) is 0 Å². The lowest BCUT2D eigenvalue weighted by molar-refractivity contribution is 0.0609. The van der Waals surface area contributed by atoms with E-state index >= 15 is 0 Å². The van der Waals surface area contributed by atoms with Gasteiger partial charge in [-0.05, 0) is 83.0 Å². The molecule has 0 aromatic heterocycles. The van der Waals surface area contributed by atoms with Gasteiger partial charge in [0.25, 0.3) is 0 Å². The molecule has 30 heavy (non-hydrogen) atoms. The summed E-state index contributed by atoms with van der Waals surface area (Å²) in [5.74, 6) is 6.88. The second-order valence-electron chi connectivity index (χ2n) is 11.0. The van der Waals surface area contributed by atoms with Crippen LogP contribution in [0.5, 0.6) is 0 Å². The molecule has 3 heteroatoms. The first-order chi connectivity index (χ1) is 14.1. The molecule has 3 nitrogen and oxygen atoms in total. The minimum Gasteiger partial charge on any atom is -0.393 e. The minimum atomic E-state index is -0.916. The molecule has 0 bridgehead atoms. The lowest BCUT2D eigenvalue weighted by Gasteiger charge is -2.43. The molecular formula is C27H38O3. The molecule has 164 valence electrons. The van der Waals surface area contributed by atoms with Gasteiger partial charge in [0, 0.05) is 11.8 Å². The first kappa shape index (κ1) is 21.9. The lowest BCUT2D eigenvalue weighted by atomic mass is 9.61. The minimum absolute atomic E-state index is 0.223.